The van der Waals surface area contributed by atoms with Gasteiger partial charge in [-0.1, -0.05) is 11.6 Å². The second-order valence-corrected chi connectivity index (χ2v) is 3.13. The van der Waals surface area contributed by atoms with Gasteiger partial charge in [0.05, 0.1) is 14.2 Å². The number of hydrogen-bond acceptors (Lipinski definition) is 4. The molecule has 0 unspecified atom stereocenters. The van der Waals surface area contributed by atoms with Crippen LogP contribution in [-0.4, -0.2) is 27.4 Å². The Morgan fingerprint density at radius 2 is 1.87 bits per heavy atom. The van der Waals surface area contributed by atoms with Gasteiger partial charge in [-0.3, -0.25) is 0 Å². The van der Waals surface area contributed by atoms with Crippen molar-refractivity contribution >= 4 is 11.6 Å². The van der Waals surface area contributed by atoms with Crippen LogP contribution in [0, 0.1) is 0 Å². The summed E-state index contributed by atoms with van der Waals surface area (Å²) in [6.07, 6.45) is 0. The molecule has 0 aliphatic heterocycles. The molecule has 0 bridgehead atoms. The summed E-state index contributed by atoms with van der Waals surface area (Å²) < 4.78 is 15.5. The molecule has 84 valence electrons. The number of benzene rings is 1. The van der Waals surface area contributed by atoms with Crippen molar-refractivity contribution in [1.29, 1.82) is 0 Å². The van der Waals surface area contributed by atoms with E-state index in [0.717, 1.165) is 0 Å². The Kier molecular flexibility index (Phi) is 4.52. The molecule has 1 aromatic carbocycles. The lowest BCUT2D eigenvalue weighted by molar-refractivity contribution is 0.319. The van der Waals surface area contributed by atoms with Crippen LogP contribution >= 0.6 is 11.6 Å². The zero-order valence-corrected chi connectivity index (χ0v) is 9.50. The number of nitrogens with two attached hydrogens (primary N) is 1. The topological polar surface area (TPSA) is 53.7 Å². The molecule has 4 nitrogen and oxygen atoms in total. The molecule has 1 aromatic rings. The highest BCUT2D eigenvalue weighted by Gasteiger charge is 2.13. The maximum atomic E-state index is 6.06. The summed E-state index contributed by atoms with van der Waals surface area (Å²) >= 11 is 6.06. The third kappa shape index (κ3) is 2.67. The monoisotopic (exact) mass is 231 g/mol. The van der Waals surface area contributed by atoms with Gasteiger partial charge in [-0.05, 0) is 12.1 Å². The Labute approximate surface area is 93.9 Å². The molecule has 0 aromatic heterocycles. The molecule has 2 N–H and O–H groups in total. The molecule has 0 aliphatic rings. The van der Waals surface area contributed by atoms with Crippen LogP contribution < -0.4 is 19.9 Å². The first-order chi connectivity index (χ1) is 7.24. The van der Waals surface area contributed by atoms with Gasteiger partial charge in [-0.2, -0.15) is 0 Å². The van der Waals surface area contributed by atoms with Gasteiger partial charge < -0.3 is 19.9 Å². The summed E-state index contributed by atoms with van der Waals surface area (Å²) in [5.74, 6) is 1.58. The maximum absolute atomic E-state index is 6.06. The van der Waals surface area contributed by atoms with E-state index >= 15 is 0 Å². The predicted octanol–water partition coefficient (Wildman–Crippen LogP) is 1.69. The minimum atomic E-state index is 0.394. The van der Waals surface area contributed by atoms with Gasteiger partial charge in [0.1, 0.15) is 17.4 Å². The first-order valence-electron chi connectivity index (χ1n) is 4.48. The van der Waals surface area contributed by atoms with Crippen LogP contribution in [0.2, 0.25) is 5.02 Å². The highest BCUT2D eigenvalue weighted by atomic mass is 35.5. The molecular formula is C10H14ClNO3. The molecule has 15 heavy (non-hydrogen) atoms. The van der Waals surface area contributed by atoms with Crippen molar-refractivity contribution < 1.29 is 14.2 Å². The Balaban J connectivity index is 3.00. The van der Waals surface area contributed by atoms with E-state index in [1.165, 1.54) is 7.11 Å². The lowest BCUT2D eigenvalue weighted by Gasteiger charge is -2.13. The van der Waals surface area contributed by atoms with E-state index in [1.54, 1.807) is 19.2 Å². The summed E-state index contributed by atoms with van der Waals surface area (Å²) in [5, 5.41) is 0.394. The lowest BCUT2D eigenvalue weighted by atomic mass is 10.3. The Morgan fingerprint density at radius 3 is 2.40 bits per heavy atom. The highest BCUT2D eigenvalue weighted by Crippen LogP contribution is 2.41. The number of rotatable bonds is 5. The Hall–Kier alpha value is -1.13. The zero-order valence-electron chi connectivity index (χ0n) is 8.75. The fourth-order valence-corrected chi connectivity index (χ4v) is 1.44. The van der Waals surface area contributed by atoms with Gasteiger partial charge in [0.25, 0.3) is 0 Å². The van der Waals surface area contributed by atoms with Crippen LogP contribution in [0.3, 0.4) is 0 Å². The summed E-state index contributed by atoms with van der Waals surface area (Å²) in [6, 6.07) is 3.45. The van der Waals surface area contributed by atoms with Crippen LogP contribution in [-0.2, 0) is 0 Å². The van der Waals surface area contributed by atoms with Gasteiger partial charge in [0.2, 0.25) is 0 Å². The molecule has 0 amide bonds. The average Bonchev–Trinajstić information content (AvgIpc) is 2.27. The van der Waals surface area contributed by atoms with Crippen LogP contribution in [0.5, 0.6) is 17.2 Å². The van der Waals surface area contributed by atoms with Crippen molar-refractivity contribution in [3.63, 3.8) is 0 Å². The molecule has 0 saturated heterocycles. The van der Waals surface area contributed by atoms with E-state index < -0.39 is 0 Å². The Morgan fingerprint density at radius 1 is 1.20 bits per heavy atom. The minimum Gasteiger partial charge on any atom is -0.493 e. The van der Waals surface area contributed by atoms with Crippen LogP contribution in [0.1, 0.15) is 0 Å². The molecule has 1 rings (SSSR count). The fourth-order valence-electron chi connectivity index (χ4n) is 1.15. The van der Waals surface area contributed by atoms with Gasteiger partial charge in [-0.25, -0.2) is 0 Å². The van der Waals surface area contributed by atoms with Gasteiger partial charge >= 0.3 is 0 Å². The molecule has 0 aliphatic carbocycles. The lowest BCUT2D eigenvalue weighted by Crippen LogP contribution is -2.10. The van der Waals surface area contributed by atoms with Gasteiger partial charge in [0.15, 0.2) is 11.5 Å². The number of methoxy groups -OCH3 is 2. The van der Waals surface area contributed by atoms with E-state index in [4.69, 9.17) is 31.5 Å². The summed E-state index contributed by atoms with van der Waals surface area (Å²) in [5.41, 5.74) is 5.33. The van der Waals surface area contributed by atoms with Crippen molar-refractivity contribution in [3.8, 4) is 17.2 Å². The van der Waals surface area contributed by atoms with E-state index in [9.17, 15) is 0 Å². The van der Waals surface area contributed by atoms with E-state index in [2.05, 4.69) is 0 Å². The standard InChI is InChI=1S/C10H14ClNO3/c1-13-8-4-3-7(15-6-5-12)9(11)10(8)14-2/h3-4H,5-6,12H2,1-2H3. The average molecular weight is 232 g/mol. The van der Waals surface area contributed by atoms with Crippen LogP contribution in [0.4, 0.5) is 0 Å². The molecular weight excluding hydrogens is 218 g/mol. The largest absolute Gasteiger partial charge is 0.493 e. The minimum absolute atomic E-state index is 0.394. The van der Waals surface area contributed by atoms with E-state index in [-0.39, 0.29) is 0 Å². The van der Waals surface area contributed by atoms with E-state index in [1.807, 2.05) is 0 Å². The maximum Gasteiger partial charge on any atom is 0.183 e. The second-order valence-electron chi connectivity index (χ2n) is 2.75. The van der Waals surface area contributed by atoms with Crippen molar-refractivity contribution in [2.24, 2.45) is 5.73 Å². The summed E-state index contributed by atoms with van der Waals surface area (Å²) in [6.45, 7) is 0.847. The summed E-state index contributed by atoms with van der Waals surface area (Å²) in [4.78, 5) is 0. The SMILES string of the molecule is COc1ccc(OCCN)c(Cl)c1OC. The fraction of sp³-hybridized carbons (Fsp3) is 0.400. The molecule has 0 heterocycles. The second kappa shape index (κ2) is 5.68. The van der Waals surface area contributed by atoms with Gasteiger partial charge in [-0.15, -0.1) is 0 Å². The summed E-state index contributed by atoms with van der Waals surface area (Å²) in [7, 11) is 3.07. The van der Waals surface area contributed by atoms with Crippen LogP contribution in [0.15, 0.2) is 12.1 Å². The molecule has 5 heteroatoms. The number of ether oxygens (including phenoxy) is 3. The zero-order chi connectivity index (χ0) is 11.3. The van der Waals surface area contributed by atoms with Gasteiger partial charge in [0, 0.05) is 6.54 Å². The normalized spacial score (nSPS) is 9.87. The molecule has 0 fully saturated rings. The molecule has 0 spiro atoms. The number of halogens is 1. The number of hydrogen-bond donors (Lipinski definition) is 1. The van der Waals surface area contributed by atoms with Crippen molar-refractivity contribution in [2.45, 2.75) is 0 Å². The predicted molar refractivity (Wildman–Crippen MR) is 59.1 cm³/mol. The van der Waals surface area contributed by atoms with Crippen molar-refractivity contribution in [2.75, 3.05) is 27.4 Å². The first kappa shape index (κ1) is 11.9. The quantitative estimate of drug-likeness (QED) is 0.838. The third-order valence-corrected chi connectivity index (χ3v) is 2.18. The first-order valence-corrected chi connectivity index (χ1v) is 4.85. The highest BCUT2D eigenvalue weighted by molar-refractivity contribution is 6.33. The van der Waals surface area contributed by atoms with Crippen molar-refractivity contribution in [3.05, 3.63) is 17.2 Å². The van der Waals surface area contributed by atoms with Crippen LogP contribution in [0.25, 0.3) is 0 Å². The smallest absolute Gasteiger partial charge is 0.183 e. The third-order valence-electron chi connectivity index (χ3n) is 1.83. The molecule has 0 radical (unpaired) electrons. The van der Waals surface area contributed by atoms with Crippen molar-refractivity contribution in [1.82, 2.24) is 0 Å². The molecule has 0 saturated carbocycles. The molecule has 0 atom stereocenters. The van der Waals surface area contributed by atoms with E-state index in [0.29, 0.717) is 35.4 Å². The Bertz CT molecular complexity index is 331.